The van der Waals surface area contributed by atoms with Crippen LogP contribution >= 0.6 is 34.9 Å². The van der Waals surface area contributed by atoms with Crippen molar-refractivity contribution in [1.29, 1.82) is 0 Å². The number of carbonyl (C=O) groups excluding carboxylic acids is 1. The van der Waals surface area contributed by atoms with E-state index in [-0.39, 0.29) is 5.91 Å². The maximum Gasteiger partial charge on any atom is 0.230 e. The first-order valence-corrected chi connectivity index (χ1v) is 13.3. The molecule has 1 aliphatic rings. The molecular weight excluding hydrogens is 434 g/mol. The highest BCUT2D eigenvalue weighted by Crippen LogP contribution is 2.31. The number of para-hydroxylation sites is 1. The lowest BCUT2D eigenvalue weighted by Gasteiger charge is -2.29. The first-order chi connectivity index (χ1) is 14.6. The van der Waals surface area contributed by atoms with E-state index in [4.69, 9.17) is 0 Å². The molecule has 2 aromatic heterocycles. The number of benzene rings is 1. The minimum Gasteiger partial charge on any atom is -0.352 e. The Hall–Kier alpha value is -1.58. The van der Waals surface area contributed by atoms with Crippen molar-refractivity contribution in [3.05, 3.63) is 30.1 Å². The molecule has 9 heteroatoms. The van der Waals surface area contributed by atoms with Gasteiger partial charge in [-0.15, -0.1) is 21.5 Å². The molecule has 0 saturated heterocycles. The summed E-state index contributed by atoms with van der Waals surface area (Å²) in [6, 6.07) is 8.50. The van der Waals surface area contributed by atoms with Gasteiger partial charge in [0.1, 0.15) is 5.82 Å². The number of thioether (sulfide) groups is 2. The van der Waals surface area contributed by atoms with Crippen molar-refractivity contribution in [3.8, 4) is 0 Å². The summed E-state index contributed by atoms with van der Waals surface area (Å²) in [5.41, 5.74) is 1.04. The number of amides is 1. The van der Waals surface area contributed by atoms with Crippen LogP contribution in [0.3, 0.4) is 0 Å². The maximum absolute atomic E-state index is 12.4. The number of fused-ring (bicyclic) bond motifs is 1. The monoisotopic (exact) mass is 461 g/mol. The molecule has 160 valence electrons. The van der Waals surface area contributed by atoms with Gasteiger partial charge in [-0.05, 0) is 37.8 Å². The molecule has 1 fully saturated rings. The van der Waals surface area contributed by atoms with Gasteiger partial charge in [0, 0.05) is 12.6 Å². The molecule has 3 aromatic rings. The molecule has 2 unspecified atom stereocenters. The Morgan fingerprint density at radius 1 is 1.23 bits per heavy atom. The van der Waals surface area contributed by atoms with Gasteiger partial charge in [0.05, 0.1) is 21.7 Å². The number of carbonyl (C=O) groups is 1. The summed E-state index contributed by atoms with van der Waals surface area (Å²) in [6.07, 6.45) is 4.79. The van der Waals surface area contributed by atoms with Crippen molar-refractivity contribution in [2.45, 2.75) is 67.4 Å². The lowest BCUT2D eigenvalue weighted by atomic mass is 9.86. The van der Waals surface area contributed by atoms with Gasteiger partial charge in [-0.2, -0.15) is 0 Å². The van der Waals surface area contributed by atoms with E-state index in [9.17, 15) is 4.79 Å². The van der Waals surface area contributed by atoms with Crippen LogP contribution in [0.4, 0.5) is 0 Å². The molecule has 30 heavy (non-hydrogen) atoms. The van der Waals surface area contributed by atoms with E-state index in [1.807, 2.05) is 18.2 Å². The molecule has 1 aliphatic carbocycles. The molecule has 2 heterocycles. The molecule has 1 aromatic carbocycles. The number of nitrogens with one attached hydrogen (secondary N) is 1. The van der Waals surface area contributed by atoms with Crippen molar-refractivity contribution in [1.82, 2.24) is 25.1 Å². The molecule has 4 rings (SSSR count). The quantitative estimate of drug-likeness (QED) is 0.477. The second-order valence-corrected chi connectivity index (χ2v) is 10.8. The van der Waals surface area contributed by atoms with Gasteiger partial charge in [0.15, 0.2) is 9.50 Å². The zero-order chi connectivity index (χ0) is 20.9. The van der Waals surface area contributed by atoms with E-state index < -0.39 is 0 Å². The van der Waals surface area contributed by atoms with Crippen LogP contribution in [0.2, 0.25) is 0 Å². The third kappa shape index (κ3) is 5.18. The van der Waals surface area contributed by atoms with Gasteiger partial charge >= 0.3 is 0 Å². The van der Waals surface area contributed by atoms with Crippen molar-refractivity contribution >= 4 is 51.0 Å². The predicted molar refractivity (Wildman–Crippen MR) is 125 cm³/mol. The standard InChI is InChI=1S/C21H27N5OS3/c1-3-26-18(12-29-21-23-16-10-6-7-11-17(16)30-21)24-25-20(26)28-13-19(27)22-15-9-5-4-8-14(15)2/h6-7,10-11,14-15H,3-5,8-9,12-13H2,1-2H3,(H,22,27). The number of hydrogen-bond acceptors (Lipinski definition) is 7. The zero-order valence-electron chi connectivity index (χ0n) is 17.3. The third-order valence-electron chi connectivity index (χ3n) is 5.50. The number of hydrogen-bond donors (Lipinski definition) is 1. The molecule has 1 saturated carbocycles. The average molecular weight is 462 g/mol. The second kappa shape index (κ2) is 10.2. The zero-order valence-corrected chi connectivity index (χ0v) is 19.8. The van der Waals surface area contributed by atoms with Crippen LogP contribution in [0, 0.1) is 5.92 Å². The van der Waals surface area contributed by atoms with Crippen molar-refractivity contribution in [2.24, 2.45) is 5.92 Å². The van der Waals surface area contributed by atoms with Gasteiger partial charge in [-0.3, -0.25) is 4.79 Å². The van der Waals surface area contributed by atoms with Crippen molar-refractivity contribution < 1.29 is 4.79 Å². The van der Waals surface area contributed by atoms with E-state index >= 15 is 0 Å². The van der Waals surface area contributed by atoms with E-state index in [1.165, 1.54) is 35.7 Å². The molecule has 0 radical (unpaired) electrons. The summed E-state index contributed by atoms with van der Waals surface area (Å²) < 4.78 is 4.34. The lowest BCUT2D eigenvalue weighted by Crippen LogP contribution is -2.41. The topological polar surface area (TPSA) is 72.7 Å². The van der Waals surface area contributed by atoms with Crippen LogP contribution in [0.15, 0.2) is 33.8 Å². The molecule has 1 N–H and O–H groups in total. The second-order valence-electron chi connectivity index (χ2n) is 7.60. The van der Waals surface area contributed by atoms with Crippen LogP contribution in [0.1, 0.15) is 45.4 Å². The van der Waals surface area contributed by atoms with Crippen LogP contribution in [0.25, 0.3) is 10.2 Å². The minimum absolute atomic E-state index is 0.0924. The Kier molecular flexibility index (Phi) is 7.32. The van der Waals surface area contributed by atoms with Gasteiger partial charge < -0.3 is 9.88 Å². The SMILES string of the molecule is CCn1c(CSc2nc3ccccc3s2)nnc1SCC(=O)NC1CCCCC1C. The van der Waals surface area contributed by atoms with Crippen LogP contribution < -0.4 is 5.32 Å². The molecule has 0 spiro atoms. The average Bonchev–Trinajstić information content (AvgIpc) is 3.35. The smallest absolute Gasteiger partial charge is 0.230 e. The van der Waals surface area contributed by atoms with Crippen LogP contribution in [-0.2, 0) is 17.1 Å². The minimum atomic E-state index is 0.0924. The summed E-state index contributed by atoms with van der Waals surface area (Å²) in [6.45, 7) is 5.11. The Morgan fingerprint density at radius 3 is 2.87 bits per heavy atom. The molecule has 0 aliphatic heterocycles. The molecule has 2 atom stereocenters. The number of aromatic nitrogens is 4. The van der Waals surface area contributed by atoms with Gasteiger partial charge in [0.2, 0.25) is 5.91 Å². The van der Waals surface area contributed by atoms with E-state index in [2.05, 4.69) is 45.0 Å². The van der Waals surface area contributed by atoms with Gasteiger partial charge in [0.25, 0.3) is 0 Å². The predicted octanol–water partition coefficient (Wildman–Crippen LogP) is 4.99. The molecule has 0 bridgehead atoms. The summed E-state index contributed by atoms with van der Waals surface area (Å²) >= 11 is 4.86. The summed E-state index contributed by atoms with van der Waals surface area (Å²) in [4.78, 5) is 17.1. The third-order valence-corrected chi connectivity index (χ3v) is 8.64. The summed E-state index contributed by atoms with van der Waals surface area (Å²) in [5, 5.41) is 12.7. The van der Waals surface area contributed by atoms with Crippen molar-refractivity contribution in [2.75, 3.05) is 5.75 Å². The van der Waals surface area contributed by atoms with E-state index in [0.29, 0.717) is 23.5 Å². The van der Waals surface area contributed by atoms with Crippen LogP contribution in [0.5, 0.6) is 0 Å². The maximum atomic E-state index is 12.4. The molecular formula is C21H27N5OS3. The highest BCUT2D eigenvalue weighted by atomic mass is 32.2. The van der Waals surface area contributed by atoms with Gasteiger partial charge in [-0.25, -0.2) is 4.98 Å². The highest BCUT2D eigenvalue weighted by molar-refractivity contribution is 8.00. The largest absolute Gasteiger partial charge is 0.352 e. The van der Waals surface area contributed by atoms with Crippen molar-refractivity contribution in [3.63, 3.8) is 0 Å². The fourth-order valence-corrected chi connectivity index (χ4v) is 6.64. The first-order valence-electron chi connectivity index (χ1n) is 10.5. The molecule has 6 nitrogen and oxygen atoms in total. The number of thiazole rings is 1. The lowest BCUT2D eigenvalue weighted by molar-refractivity contribution is -0.119. The first kappa shape index (κ1) is 21.6. The fourth-order valence-electron chi connectivity index (χ4n) is 3.80. The van der Waals surface area contributed by atoms with E-state index in [0.717, 1.165) is 33.8 Å². The number of nitrogens with zero attached hydrogens (tertiary/aromatic N) is 4. The Morgan fingerprint density at radius 2 is 2.07 bits per heavy atom. The van der Waals surface area contributed by atoms with Crippen LogP contribution in [-0.4, -0.2) is 37.5 Å². The number of rotatable bonds is 8. The Labute approximate surface area is 189 Å². The Balaban J connectivity index is 1.33. The normalized spacial score (nSPS) is 19.3. The van der Waals surface area contributed by atoms with E-state index in [1.54, 1.807) is 23.1 Å². The Bertz CT molecular complexity index is 969. The summed E-state index contributed by atoms with van der Waals surface area (Å²) in [5.74, 6) is 2.68. The molecule has 1 amide bonds. The summed E-state index contributed by atoms with van der Waals surface area (Å²) in [7, 11) is 0. The highest BCUT2D eigenvalue weighted by Gasteiger charge is 2.23. The van der Waals surface area contributed by atoms with Gasteiger partial charge in [-0.1, -0.05) is 55.4 Å². The fraction of sp³-hybridized carbons (Fsp3) is 0.524.